The van der Waals surface area contributed by atoms with Crippen molar-refractivity contribution in [1.82, 2.24) is 5.32 Å². The lowest BCUT2D eigenvalue weighted by atomic mass is 9.94. The highest BCUT2D eigenvalue weighted by atomic mass is 16.5. The Balaban J connectivity index is 2.47. The molecule has 0 bridgehead atoms. The molecule has 2 aromatic carbocycles. The Kier molecular flexibility index (Phi) is 4.46. The summed E-state index contributed by atoms with van der Waals surface area (Å²) in [6.45, 7) is 6.32. The second-order valence-corrected chi connectivity index (χ2v) is 5.32. The Morgan fingerprint density at radius 2 is 1.60 bits per heavy atom. The number of ether oxygens (including phenoxy) is 1. The molecule has 0 aliphatic carbocycles. The molecular formula is C18H23NO. The Labute approximate surface area is 121 Å². The summed E-state index contributed by atoms with van der Waals surface area (Å²) >= 11 is 0. The zero-order valence-electron chi connectivity index (χ0n) is 12.9. The Bertz CT molecular complexity index is 581. The van der Waals surface area contributed by atoms with Crippen LogP contribution in [0.2, 0.25) is 0 Å². The molecule has 0 aromatic heterocycles. The minimum absolute atomic E-state index is 0.207. The molecule has 0 heterocycles. The second kappa shape index (κ2) is 6.10. The minimum atomic E-state index is 0.207. The van der Waals surface area contributed by atoms with Gasteiger partial charge in [0.15, 0.2) is 0 Å². The molecule has 106 valence electrons. The third-order valence-corrected chi connectivity index (χ3v) is 3.68. The fourth-order valence-corrected chi connectivity index (χ4v) is 2.85. The average Bonchev–Trinajstić information content (AvgIpc) is 2.39. The minimum Gasteiger partial charge on any atom is -0.496 e. The SMILES string of the molecule is CNC(c1cccc(C)c1)c1cc(C)c(OC)c(C)c1. The molecule has 0 spiro atoms. The lowest BCUT2D eigenvalue weighted by Crippen LogP contribution is -2.18. The van der Waals surface area contributed by atoms with E-state index in [0.717, 1.165) is 5.75 Å². The van der Waals surface area contributed by atoms with Gasteiger partial charge in [-0.15, -0.1) is 0 Å². The Morgan fingerprint density at radius 1 is 0.950 bits per heavy atom. The van der Waals surface area contributed by atoms with Crippen molar-refractivity contribution in [2.24, 2.45) is 0 Å². The average molecular weight is 269 g/mol. The van der Waals surface area contributed by atoms with Crippen molar-refractivity contribution in [3.63, 3.8) is 0 Å². The molecule has 1 unspecified atom stereocenters. The summed E-state index contributed by atoms with van der Waals surface area (Å²) < 4.78 is 5.45. The van der Waals surface area contributed by atoms with Gasteiger partial charge in [0.05, 0.1) is 13.2 Å². The molecule has 0 amide bonds. The van der Waals surface area contributed by atoms with Gasteiger partial charge in [-0.3, -0.25) is 0 Å². The largest absolute Gasteiger partial charge is 0.496 e. The van der Waals surface area contributed by atoms with Crippen LogP contribution in [-0.2, 0) is 0 Å². The smallest absolute Gasteiger partial charge is 0.124 e. The normalized spacial score (nSPS) is 12.2. The van der Waals surface area contributed by atoms with Crippen molar-refractivity contribution in [3.05, 3.63) is 64.2 Å². The van der Waals surface area contributed by atoms with Crippen LogP contribution in [0.4, 0.5) is 0 Å². The summed E-state index contributed by atoms with van der Waals surface area (Å²) in [5.41, 5.74) is 6.20. The Morgan fingerprint density at radius 3 is 2.10 bits per heavy atom. The molecule has 1 N–H and O–H groups in total. The molecular weight excluding hydrogens is 246 g/mol. The zero-order chi connectivity index (χ0) is 14.7. The quantitative estimate of drug-likeness (QED) is 0.908. The van der Waals surface area contributed by atoms with Crippen LogP contribution < -0.4 is 10.1 Å². The van der Waals surface area contributed by atoms with E-state index in [9.17, 15) is 0 Å². The predicted molar refractivity (Wildman–Crippen MR) is 84.5 cm³/mol. The maximum Gasteiger partial charge on any atom is 0.124 e. The number of hydrogen-bond donors (Lipinski definition) is 1. The van der Waals surface area contributed by atoms with E-state index in [0.29, 0.717) is 0 Å². The molecule has 1 atom stereocenters. The van der Waals surface area contributed by atoms with Crippen LogP contribution in [0.3, 0.4) is 0 Å². The number of nitrogens with one attached hydrogen (secondary N) is 1. The monoisotopic (exact) mass is 269 g/mol. The van der Waals surface area contributed by atoms with Crippen LogP contribution >= 0.6 is 0 Å². The highest BCUT2D eigenvalue weighted by Gasteiger charge is 2.15. The van der Waals surface area contributed by atoms with E-state index < -0.39 is 0 Å². The predicted octanol–water partition coefficient (Wildman–Crippen LogP) is 3.93. The first-order valence-electron chi connectivity index (χ1n) is 6.95. The molecule has 0 saturated heterocycles. The first-order valence-corrected chi connectivity index (χ1v) is 6.95. The first kappa shape index (κ1) is 14.6. The summed E-state index contributed by atoms with van der Waals surface area (Å²) in [4.78, 5) is 0. The highest BCUT2D eigenvalue weighted by molar-refractivity contribution is 5.46. The topological polar surface area (TPSA) is 21.3 Å². The van der Waals surface area contributed by atoms with Gasteiger partial charge in [0, 0.05) is 0 Å². The van der Waals surface area contributed by atoms with Gasteiger partial charge in [0.2, 0.25) is 0 Å². The number of hydrogen-bond acceptors (Lipinski definition) is 2. The maximum atomic E-state index is 5.45. The lowest BCUT2D eigenvalue weighted by molar-refractivity contribution is 0.408. The molecule has 20 heavy (non-hydrogen) atoms. The molecule has 0 aliphatic rings. The summed E-state index contributed by atoms with van der Waals surface area (Å²) in [5, 5.41) is 3.41. The van der Waals surface area contributed by atoms with Crippen LogP contribution in [0.5, 0.6) is 5.75 Å². The maximum absolute atomic E-state index is 5.45. The van der Waals surface area contributed by atoms with Gasteiger partial charge in [-0.2, -0.15) is 0 Å². The summed E-state index contributed by atoms with van der Waals surface area (Å²) in [7, 11) is 3.73. The summed E-state index contributed by atoms with van der Waals surface area (Å²) in [5.74, 6) is 0.979. The van der Waals surface area contributed by atoms with Crippen molar-refractivity contribution in [3.8, 4) is 5.75 Å². The zero-order valence-corrected chi connectivity index (χ0v) is 12.9. The Hall–Kier alpha value is -1.80. The van der Waals surface area contributed by atoms with E-state index in [2.05, 4.69) is 62.5 Å². The van der Waals surface area contributed by atoms with E-state index in [1.807, 2.05) is 7.05 Å². The van der Waals surface area contributed by atoms with Gasteiger partial charge < -0.3 is 10.1 Å². The molecule has 2 rings (SSSR count). The van der Waals surface area contributed by atoms with Crippen molar-refractivity contribution in [2.75, 3.05) is 14.2 Å². The fourth-order valence-electron chi connectivity index (χ4n) is 2.85. The number of benzene rings is 2. The molecule has 2 nitrogen and oxygen atoms in total. The first-order chi connectivity index (χ1) is 9.56. The fraction of sp³-hybridized carbons (Fsp3) is 0.333. The van der Waals surface area contributed by atoms with E-state index in [-0.39, 0.29) is 6.04 Å². The van der Waals surface area contributed by atoms with Gasteiger partial charge in [-0.1, -0.05) is 42.0 Å². The molecule has 0 radical (unpaired) electrons. The molecule has 2 aromatic rings. The number of rotatable bonds is 4. The second-order valence-electron chi connectivity index (χ2n) is 5.32. The molecule has 0 fully saturated rings. The standard InChI is InChI=1S/C18H23NO/c1-12-7-6-8-15(9-12)17(19-4)16-10-13(2)18(20-5)14(3)11-16/h6-11,17,19H,1-5H3. The highest BCUT2D eigenvalue weighted by Crippen LogP contribution is 2.30. The van der Waals surface area contributed by atoms with Gasteiger partial charge in [-0.25, -0.2) is 0 Å². The van der Waals surface area contributed by atoms with E-state index in [4.69, 9.17) is 4.74 Å². The van der Waals surface area contributed by atoms with Gasteiger partial charge in [-0.05, 0) is 50.1 Å². The van der Waals surface area contributed by atoms with Crippen LogP contribution in [0, 0.1) is 20.8 Å². The molecule has 0 saturated carbocycles. The van der Waals surface area contributed by atoms with Crippen LogP contribution in [-0.4, -0.2) is 14.2 Å². The number of aryl methyl sites for hydroxylation is 3. The van der Waals surface area contributed by atoms with Gasteiger partial charge in [0.1, 0.15) is 5.75 Å². The van der Waals surface area contributed by atoms with Gasteiger partial charge in [0.25, 0.3) is 0 Å². The van der Waals surface area contributed by atoms with Crippen LogP contribution in [0.15, 0.2) is 36.4 Å². The van der Waals surface area contributed by atoms with E-state index in [1.54, 1.807) is 7.11 Å². The van der Waals surface area contributed by atoms with Crippen molar-refractivity contribution in [2.45, 2.75) is 26.8 Å². The van der Waals surface area contributed by atoms with Crippen molar-refractivity contribution in [1.29, 1.82) is 0 Å². The number of methoxy groups -OCH3 is 1. The van der Waals surface area contributed by atoms with Crippen molar-refractivity contribution < 1.29 is 4.74 Å². The van der Waals surface area contributed by atoms with Crippen LogP contribution in [0.1, 0.15) is 33.9 Å². The van der Waals surface area contributed by atoms with Gasteiger partial charge >= 0.3 is 0 Å². The third kappa shape index (κ3) is 2.86. The van der Waals surface area contributed by atoms with E-state index >= 15 is 0 Å². The van der Waals surface area contributed by atoms with E-state index in [1.165, 1.54) is 27.8 Å². The summed E-state index contributed by atoms with van der Waals surface area (Å²) in [6, 6.07) is 13.3. The lowest BCUT2D eigenvalue weighted by Gasteiger charge is -2.20. The van der Waals surface area contributed by atoms with Crippen molar-refractivity contribution >= 4 is 0 Å². The molecule has 0 aliphatic heterocycles. The van der Waals surface area contributed by atoms with Crippen LogP contribution in [0.25, 0.3) is 0 Å². The summed E-state index contributed by atoms with van der Waals surface area (Å²) in [6.07, 6.45) is 0. The molecule has 2 heteroatoms. The third-order valence-electron chi connectivity index (χ3n) is 3.68.